The fraction of sp³-hybridized carbons (Fsp3) is 0.923. The first-order valence-electron chi connectivity index (χ1n) is 6.00. The van der Waals surface area contributed by atoms with Crippen LogP contribution in [0.2, 0.25) is 0 Å². The second-order valence-electron chi connectivity index (χ2n) is 5.66. The molecule has 2 heteroatoms. The summed E-state index contributed by atoms with van der Waals surface area (Å²) in [7, 11) is 1.76. The standard InChI is InChI=1S/C13H24O2/c1-10-7-11(9-12(14)8-10)5-6-13(2,3)15-4/h10-11H,5-9H2,1-4H3. The second kappa shape index (κ2) is 5.11. The van der Waals surface area contributed by atoms with E-state index in [0.717, 1.165) is 25.7 Å². The number of carbonyl (C=O) groups excluding carboxylic acids is 1. The molecule has 1 saturated carbocycles. The van der Waals surface area contributed by atoms with Crippen molar-refractivity contribution in [2.24, 2.45) is 11.8 Å². The van der Waals surface area contributed by atoms with E-state index in [1.807, 2.05) is 0 Å². The number of rotatable bonds is 4. The van der Waals surface area contributed by atoms with E-state index in [0.29, 0.717) is 17.6 Å². The summed E-state index contributed by atoms with van der Waals surface area (Å²) in [5.74, 6) is 1.63. The van der Waals surface area contributed by atoms with Crippen LogP contribution in [0.3, 0.4) is 0 Å². The molecule has 0 aromatic heterocycles. The van der Waals surface area contributed by atoms with Gasteiger partial charge in [-0.15, -0.1) is 0 Å². The van der Waals surface area contributed by atoms with Crippen LogP contribution in [0.5, 0.6) is 0 Å². The summed E-state index contributed by atoms with van der Waals surface area (Å²) in [4.78, 5) is 11.4. The van der Waals surface area contributed by atoms with Crippen molar-refractivity contribution in [1.29, 1.82) is 0 Å². The Morgan fingerprint density at radius 3 is 2.60 bits per heavy atom. The summed E-state index contributed by atoms with van der Waals surface area (Å²) >= 11 is 0. The summed E-state index contributed by atoms with van der Waals surface area (Å²) in [5.41, 5.74) is -0.0380. The number of hydrogen-bond donors (Lipinski definition) is 0. The van der Waals surface area contributed by atoms with Crippen LogP contribution in [0.1, 0.15) is 52.9 Å². The molecule has 0 spiro atoms. The molecule has 2 unspecified atom stereocenters. The normalized spacial score (nSPS) is 28.1. The molecule has 15 heavy (non-hydrogen) atoms. The van der Waals surface area contributed by atoms with E-state index in [-0.39, 0.29) is 5.60 Å². The third-order valence-electron chi connectivity index (χ3n) is 3.54. The van der Waals surface area contributed by atoms with Gasteiger partial charge in [-0.3, -0.25) is 4.79 Å². The molecule has 1 aliphatic rings. The molecule has 88 valence electrons. The Kier molecular flexibility index (Phi) is 4.32. The molecular formula is C13H24O2. The van der Waals surface area contributed by atoms with Gasteiger partial charge in [-0.2, -0.15) is 0 Å². The maximum atomic E-state index is 11.4. The van der Waals surface area contributed by atoms with Gasteiger partial charge in [0.2, 0.25) is 0 Å². The molecule has 0 aliphatic heterocycles. The van der Waals surface area contributed by atoms with Crippen LogP contribution in [-0.2, 0) is 9.53 Å². The lowest BCUT2D eigenvalue weighted by Gasteiger charge is -2.29. The van der Waals surface area contributed by atoms with Gasteiger partial charge in [0.25, 0.3) is 0 Å². The average Bonchev–Trinajstić information content (AvgIpc) is 2.14. The minimum atomic E-state index is -0.0380. The van der Waals surface area contributed by atoms with Gasteiger partial charge in [-0.05, 0) is 44.9 Å². The molecule has 0 amide bonds. The summed E-state index contributed by atoms with van der Waals surface area (Å²) in [6.07, 6.45) is 4.98. The van der Waals surface area contributed by atoms with Gasteiger partial charge < -0.3 is 4.74 Å². The van der Waals surface area contributed by atoms with Gasteiger partial charge in [-0.25, -0.2) is 0 Å². The molecule has 1 rings (SSSR count). The summed E-state index contributed by atoms with van der Waals surface area (Å²) in [6, 6.07) is 0. The van der Waals surface area contributed by atoms with Crippen molar-refractivity contribution in [3.8, 4) is 0 Å². The fourth-order valence-electron chi connectivity index (χ4n) is 2.40. The van der Waals surface area contributed by atoms with E-state index in [1.54, 1.807) is 7.11 Å². The SMILES string of the molecule is COC(C)(C)CCC1CC(=O)CC(C)C1. The Morgan fingerprint density at radius 1 is 1.40 bits per heavy atom. The molecular weight excluding hydrogens is 188 g/mol. The molecule has 2 atom stereocenters. The maximum absolute atomic E-state index is 11.4. The lowest BCUT2D eigenvalue weighted by Crippen LogP contribution is -2.26. The Labute approximate surface area is 93.4 Å². The van der Waals surface area contributed by atoms with Crippen molar-refractivity contribution < 1.29 is 9.53 Å². The molecule has 0 radical (unpaired) electrons. The lowest BCUT2D eigenvalue weighted by atomic mass is 9.78. The van der Waals surface area contributed by atoms with E-state index in [4.69, 9.17) is 4.74 Å². The maximum Gasteiger partial charge on any atom is 0.133 e. The molecule has 0 N–H and O–H groups in total. The van der Waals surface area contributed by atoms with Gasteiger partial charge in [-0.1, -0.05) is 6.92 Å². The van der Waals surface area contributed by atoms with Crippen molar-refractivity contribution in [1.82, 2.24) is 0 Å². The van der Waals surface area contributed by atoms with Gasteiger partial charge in [0, 0.05) is 20.0 Å². The third-order valence-corrected chi connectivity index (χ3v) is 3.54. The van der Waals surface area contributed by atoms with Crippen LogP contribution in [-0.4, -0.2) is 18.5 Å². The Balaban J connectivity index is 2.35. The zero-order valence-corrected chi connectivity index (χ0v) is 10.5. The predicted octanol–water partition coefficient (Wildman–Crippen LogP) is 3.20. The molecule has 0 aromatic rings. The quantitative estimate of drug-likeness (QED) is 0.715. The zero-order valence-electron chi connectivity index (χ0n) is 10.5. The first-order chi connectivity index (χ1) is 6.93. The molecule has 1 fully saturated rings. The summed E-state index contributed by atoms with van der Waals surface area (Å²) < 4.78 is 5.40. The average molecular weight is 212 g/mol. The highest BCUT2D eigenvalue weighted by molar-refractivity contribution is 5.79. The Hall–Kier alpha value is -0.370. The van der Waals surface area contributed by atoms with E-state index in [2.05, 4.69) is 20.8 Å². The minimum Gasteiger partial charge on any atom is -0.379 e. The Morgan fingerprint density at radius 2 is 2.07 bits per heavy atom. The highest BCUT2D eigenvalue weighted by Crippen LogP contribution is 2.31. The van der Waals surface area contributed by atoms with Crippen LogP contribution < -0.4 is 0 Å². The number of ether oxygens (including phenoxy) is 1. The molecule has 2 nitrogen and oxygen atoms in total. The van der Waals surface area contributed by atoms with E-state index in [1.165, 1.54) is 6.42 Å². The number of ketones is 1. The second-order valence-corrected chi connectivity index (χ2v) is 5.66. The first kappa shape index (κ1) is 12.7. The Bertz CT molecular complexity index is 221. The largest absolute Gasteiger partial charge is 0.379 e. The van der Waals surface area contributed by atoms with E-state index >= 15 is 0 Å². The van der Waals surface area contributed by atoms with Crippen LogP contribution >= 0.6 is 0 Å². The van der Waals surface area contributed by atoms with E-state index in [9.17, 15) is 4.79 Å². The highest BCUT2D eigenvalue weighted by atomic mass is 16.5. The van der Waals surface area contributed by atoms with Crippen molar-refractivity contribution >= 4 is 5.78 Å². The number of Topliss-reactive ketones (excluding diaryl/α,β-unsaturated/α-hetero) is 1. The van der Waals surface area contributed by atoms with E-state index < -0.39 is 0 Å². The van der Waals surface area contributed by atoms with Crippen LogP contribution in [0.25, 0.3) is 0 Å². The lowest BCUT2D eigenvalue weighted by molar-refractivity contribution is -0.123. The van der Waals surface area contributed by atoms with Crippen LogP contribution in [0, 0.1) is 11.8 Å². The minimum absolute atomic E-state index is 0.0380. The van der Waals surface area contributed by atoms with Gasteiger partial charge in [0.05, 0.1) is 5.60 Å². The number of hydrogen-bond acceptors (Lipinski definition) is 2. The van der Waals surface area contributed by atoms with Crippen LogP contribution in [0.4, 0.5) is 0 Å². The van der Waals surface area contributed by atoms with Gasteiger partial charge >= 0.3 is 0 Å². The van der Waals surface area contributed by atoms with Gasteiger partial charge in [0.15, 0.2) is 0 Å². The van der Waals surface area contributed by atoms with Crippen molar-refractivity contribution in [2.75, 3.05) is 7.11 Å². The molecule has 0 aromatic carbocycles. The summed E-state index contributed by atoms with van der Waals surface area (Å²) in [5, 5.41) is 0. The molecule has 0 bridgehead atoms. The summed E-state index contributed by atoms with van der Waals surface area (Å²) in [6.45, 7) is 6.41. The predicted molar refractivity (Wildman–Crippen MR) is 61.8 cm³/mol. The van der Waals surface area contributed by atoms with Gasteiger partial charge in [0.1, 0.15) is 5.78 Å². The third kappa shape index (κ3) is 4.33. The number of methoxy groups -OCH3 is 1. The molecule has 1 aliphatic carbocycles. The molecule has 0 saturated heterocycles. The monoisotopic (exact) mass is 212 g/mol. The smallest absolute Gasteiger partial charge is 0.133 e. The highest BCUT2D eigenvalue weighted by Gasteiger charge is 2.26. The number of carbonyl (C=O) groups is 1. The van der Waals surface area contributed by atoms with Crippen LogP contribution in [0.15, 0.2) is 0 Å². The van der Waals surface area contributed by atoms with Crippen molar-refractivity contribution in [3.05, 3.63) is 0 Å². The fourth-order valence-corrected chi connectivity index (χ4v) is 2.40. The zero-order chi connectivity index (χ0) is 11.5. The topological polar surface area (TPSA) is 26.3 Å². The molecule has 0 heterocycles. The van der Waals surface area contributed by atoms with Crippen molar-refractivity contribution in [2.45, 2.75) is 58.5 Å². The first-order valence-corrected chi connectivity index (χ1v) is 6.00. The van der Waals surface area contributed by atoms with Crippen molar-refractivity contribution in [3.63, 3.8) is 0 Å².